The highest BCUT2D eigenvalue weighted by molar-refractivity contribution is 6.28. The molecule has 0 spiro atoms. The van der Waals surface area contributed by atoms with Crippen LogP contribution in [0.3, 0.4) is 0 Å². The van der Waals surface area contributed by atoms with Crippen LogP contribution in [0.15, 0.2) is 61.3 Å². The molecule has 0 N–H and O–H groups in total. The lowest BCUT2D eigenvalue weighted by Gasteiger charge is -2.47. The van der Waals surface area contributed by atoms with E-state index in [2.05, 4.69) is 11.6 Å². The van der Waals surface area contributed by atoms with Gasteiger partial charge in [0.2, 0.25) is 5.91 Å². The van der Waals surface area contributed by atoms with E-state index in [4.69, 9.17) is 0 Å². The first-order valence-electron chi connectivity index (χ1n) is 12.1. The van der Waals surface area contributed by atoms with Gasteiger partial charge < -0.3 is 14.7 Å². The Kier molecular flexibility index (Phi) is 4.37. The molecule has 1 aromatic heterocycles. The molecule has 7 nitrogen and oxygen atoms in total. The lowest BCUT2D eigenvalue weighted by Crippen LogP contribution is -2.62. The molecule has 7 rings (SSSR count). The molecule has 2 amide bonds. The number of benzene rings is 3. The van der Waals surface area contributed by atoms with Gasteiger partial charge in [-0.05, 0) is 29.0 Å². The topological polar surface area (TPSA) is 73.8 Å². The zero-order valence-electron chi connectivity index (χ0n) is 20.0. The fourth-order valence-electron chi connectivity index (χ4n) is 6.05. The number of rotatable bonds is 1. The lowest BCUT2D eigenvalue weighted by atomic mass is 9.95. The molecule has 0 unspecified atom stereocenters. The Hall–Kier alpha value is -4.59. The molecule has 4 aromatic rings. The summed E-state index contributed by atoms with van der Waals surface area (Å²) in [4.78, 5) is 48.5. The van der Waals surface area contributed by atoms with E-state index in [1.165, 1.54) is 17.2 Å². The van der Waals surface area contributed by atoms with Crippen molar-refractivity contribution < 1.29 is 18.8 Å². The standard InChI is InChI=1S/C29H21FN4O3/c1-3-22(35)33-10-11-34-21(14-33)29(37)32(2)20-13-31-26-19(27(20)34)12-18-24(25(26)30)23-16-7-5-4-6-15(16)8-9-17(23)28(18)36/h3-9,12-13,21H,1,10-11,14H2,2H3/t21-/m1/s1. The van der Waals surface area contributed by atoms with Crippen LogP contribution in [0.2, 0.25) is 0 Å². The number of hydrogen-bond acceptors (Lipinski definition) is 5. The molecule has 1 atom stereocenters. The molecule has 0 radical (unpaired) electrons. The number of aromatic nitrogens is 1. The maximum atomic E-state index is 16.4. The van der Waals surface area contributed by atoms with Crippen molar-refractivity contribution in [1.82, 2.24) is 9.88 Å². The number of likely N-dealkylation sites (N-methyl/N-ethyl adjacent to an activating group) is 1. The quantitative estimate of drug-likeness (QED) is 0.332. The Morgan fingerprint density at radius 1 is 1.08 bits per heavy atom. The summed E-state index contributed by atoms with van der Waals surface area (Å²) in [6.45, 7) is 4.53. The summed E-state index contributed by atoms with van der Waals surface area (Å²) in [5.74, 6) is -1.19. The molecule has 8 heteroatoms. The number of amides is 2. The van der Waals surface area contributed by atoms with E-state index in [0.29, 0.717) is 46.5 Å². The molecule has 3 heterocycles. The number of hydrogen-bond donors (Lipinski definition) is 0. The van der Waals surface area contributed by atoms with Gasteiger partial charge in [-0.1, -0.05) is 36.9 Å². The van der Waals surface area contributed by atoms with Crippen molar-refractivity contribution in [3.63, 3.8) is 0 Å². The number of nitrogens with zero attached hydrogens (tertiary/aromatic N) is 4. The van der Waals surface area contributed by atoms with Crippen molar-refractivity contribution in [1.29, 1.82) is 0 Å². The molecule has 1 saturated heterocycles. The Morgan fingerprint density at radius 3 is 2.70 bits per heavy atom. The second-order valence-electron chi connectivity index (χ2n) is 9.63. The largest absolute Gasteiger partial charge is 0.354 e. The Morgan fingerprint density at radius 2 is 1.89 bits per heavy atom. The predicted molar refractivity (Wildman–Crippen MR) is 139 cm³/mol. The highest BCUT2D eigenvalue weighted by Gasteiger charge is 2.43. The van der Waals surface area contributed by atoms with Crippen LogP contribution in [0.1, 0.15) is 15.9 Å². The van der Waals surface area contributed by atoms with Crippen molar-refractivity contribution in [2.75, 3.05) is 36.5 Å². The first kappa shape index (κ1) is 21.7. The molecule has 0 bridgehead atoms. The Balaban J connectivity index is 1.47. The number of piperazine rings is 1. The van der Waals surface area contributed by atoms with Gasteiger partial charge in [-0.25, -0.2) is 4.39 Å². The van der Waals surface area contributed by atoms with Crippen LogP contribution in [-0.4, -0.2) is 60.2 Å². The fourth-order valence-corrected chi connectivity index (χ4v) is 6.05. The van der Waals surface area contributed by atoms with E-state index in [-0.39, 0.29) is 35.2 Å². The molecule has 3 aliphatic rings. The van der Waals surface area contributed by atoms with Crippen LogP contribution in [0.4, 0.5) is 15.8 Å². The minimum Gasteiger partial charge on any atom is -0.354 e. The highest BCUT2D eigenvalue weighted by atomic mass is 19.1. The maximum absolute atomic E-state index is 16.4. The molecule has 2 aliphatic heterocycles. The molecule has 0 saturated carbocycles. The van der Waals surface area contributed by atoms with Crippen molar-refractivity contribution in [3.8, 4) is 11.1 Å². The number of carbonyl (C=O) groups is 3. The van der Waals surface area contributed by atoms with Gasteiger partial charge in [0.25, 0.3) is 5.91 Å². The molecule has 37 heavy (non-hydrogen) atoms. The molecule has 3 aromatic carbocycles. The van der Waals surface area contributed by atoms with Crippen LogP contribution in [-0.2, 0) is 9.59 Å². The van der Waals surface area contributed by atoms with Crippen molar-refractivity contribution in [3.05, 3.63) is 78.3 Å². The highest BCUT2D eigenvalue weighted by Crippen LogP contribution is 2.48. The summed E-state index contributed by atoms with van der Waals surface area (Å²) >= 11 is 0. The average Bonchev–Trinajstić information content (AvgIpc) is 3.22. The summed E-state index contributed by atoms with van der Waals surface area (Å²) in [6, 6.07) is 12.4. The van der Waals surface area contributed by atoms with Crippen LogP contribution in [0.5, 0.6) is 0 Å². The summed E-state index contributed by atoms with van der Waals surface area (Å²) < 4.78 is 16.4. The predicted octanol–water partition coefficient (Wildman–Crippen LogP) is 3.92. The van der Waals surface area contributed by atoms with Crippen LogP contribution in [0.25, 0.3) is 32.8 Å². The zero-order chi connectivity index (χ0) is 25.6. The Labute approximate surface area is 211 Å². The molecule has 182 valence electrons. The smallest absolute Gasteiger partial charge is 0.251 e. The van der Waals surface area contributed by atoms with E-state index < -0.39 is 11.9 Å². The first-order chi connectivity index (χ1) is 17.9. The van der Waals surface area contributed by atoms with Gasteiger partial charge in [0.05, 0.1) is 24.1 Å². The number of halogens is 1. The van der Waals surface area contributed by atoms with Crippen molar-refractivity contribution >= 4 is 50.6 Å². The Bertz CT molecular complexity index is 1750. The SMILES string of the molecule is C=CC(=O)N1CCN2c3c(cnc4c(F)c5c(cc34)C(=O)c3ccc4ccccc4c3-5)N(C)C(=O)[C@H]2C1. The third-order valence-electron chi connectivity index (χ3n) is 7.85. The third kappa shape index (κ3) is 2.75. The molecule has 1 fully saturated rings. The van der Waals surface area contributed by atoms with Crippen LogP contribution < -0.4 is 9.80 Å². The molecule has 1 aliphatic carbocycles. The maximum Gasteiger partial charge on any atom is 0.251 e. The van der Waals surface area contributed by atoms with E-state index >= 15 is 4.39 Å². The van der Waals surface area contributed by atoms with E-state index in [1.807, 2.05) is 35.2 Å². The van der Waals surface area contributed by atoms with Gasteiger partial charge in [0, 0.05) is 47.8 Å². The van der Waals surface area contributed by atoms with Gasteiger partial charge in [-0.15, -0.1) is 0 Å². The van der Waals surface area contributed by atoms with E-state index in [1.54, 1.807) is 24.1 Å². The van der Waals surface area contributed by atoms with E-state index in [9.17, 15) is 14.4 Å². The monoisotopic (exact) mass is 492 g/mol. The zero-order valence-corrected chi connectivity index (χ0v) is 20.0. The summed E-state index contributed by atoms with van der Waals surface area (Å²) in [6.07, 6.45) is 2.76. The van der Waals surface area contributed by atoms with E-state index in [0.717, 1.165) is 10.8 Å². The normalized spacial score (nSPS) is 18.1. The van der Waals surface area contributed by atoms with Crippen molar-refractivity contribution in [2.45, 2.75) is 6.04 Å². The second-order valence-corrected chi connectivity index (χ2v) is 9.63. The molecular weight excluding hydrogens is 471 g/mol. The molecular formula is C29H21FN4O3. The summed E-state index contributed by atoms with van der Waals surface area (Å²) in [7, 11) is 1.65. The minimum absolute atomic E-state index is 0.150. The number of pyridine rings is 1. The van der Waals surface area contributed by atoms with Gasteiger partial charge in [0.15, 0.2) is 11.6 Å². The lowest BCUT2D eigenvalue weighted by molar-refractivity contribution is -0.128. The number of ketones is 1. The van der Waals surface area contributed by atoms with Crippen molar-refractivity contribution in [2.24, 2.45) is 0 Å². The summed E-state index contributed by atoms with van der Waals surface area (Å²) in [5, 5.41) is 2.22. The third-order valence-corrected chi connectivity index (χ3v) is 7.85. The van der Waals surface area contributed by atoms with Gasteiger partial charge in [-0.3, -0.25) is 19.4 Å². The van der Waals surface area contributed by atoms with Gasteiger partial charge in [0.1, 0.15) is 11.6 Å². The summed E-state index contributed by atoms with van der Waals surface area (Å²) in [5.41, 5.74) is 2.98. The minimum atomic E-state index is -0.631. The van der Waals surface area contributed by atoms with Crippen LogP contribution in [0, 0.1) is 5.82 Å². The first-order valence-corrected chi connectivity index (χ1v) is 12.1. The average molecular weight is 493 g/mol. The number of carbonyl (C=O) groups excluding carboxylic acids is 3. The van der Waals surface area contributed by atoms with Gasteiger partial charge >= 0.3 is 0 Å². The number of fused-ring (bicyclic) bond motifs is 10. The number of anilines is 2. The second kappa shape index (κ2) is 7.46. The fraction of sp³-hybridized carbons (Fsp3) is 0.172. The van der Waals surface area contributed by atoms with Crippen LogP contribution >= 0.6 is 0 Å². The van der Waals surface area contributed by atoms with Gasteiger partial charge in [-0.2, -0.15) is 0 Å².